The Labute approximate surface area is 109 Å². The van der Waals surface area contributed by atoms with E-state index in [1.165, 1.54) is 0 Å². The highest BCUT2D eigenvalue weighted by atomic mass is 16.2. The van der Waals surface area contributed by atoms with E-state index in [1.54, 1.807) is 0 Å². The molecule has 1 atom stereocenters. The Balaban J connectivity index is 2.23. The molecular weight excluding hydrogens is 224 g/mol. The number of rotatable bonds is 3. The molecule has 1 fully saturated rings. The van der Waals surface area contributed by atoms with Crippen LogP contribution in [0.1, 0.15) is 42.1 Å². The number of likely N-dealkylation sites (tertiary alicyclic amines) is 1. The molecule has 98 valence electrons. The van der Waals surface area contributed by atoms with Crippen LogP contribution < -0.4 is 5.32 Å². The minimum Gasteiger partial charge on any atom is -0.388 e. The van der Waals surface area contributed by atoms with Crippen LogP contribution >= 0.6 is 0 Å². The van der Waals surface area contributed by atoms with Crippen LogP contribution in [0.15, 0.2) is 18.2 Å². The van der Waals surface area contributed by atoms with Crippen molar-refractivity contribution in [3.8, 4) is 0 Å². The number of nitrogens with one attached hydrogen (secondary N) is 1. The molecule has 0 bridgehead atoms. The van der Waals surface area contributed by atoms with E-state index < -0.39 is 0 Å². The molecule has 1 aliphatic heterocycles. The molecule has 2 rings (SSSR count). The van der Waals surface area contributed by atoms with E-state index in [0.29, 0.717) is 6.04 Å². The summed E-state index contributed by atoms with van der Waals surface area (Å²) in [6.45, 7) is 5.07. The molecule has 1 N–H and O–H groups in total. The fourth-order valence-corrected chi connectivity index (χ4v) is 2.74. The maximum absolute atomic E-state index is 12.5. The van der Waals surface area contributed by atoms with Crippen molar-refractivity contribution in [2.45, 2.75) is 39.2 Å². The molecule has 1 aromatic carbocycles. The highest BCUT2D eigenvalue weighted by Gasteiger charge is 2.28. The van der Waals surface area contributed by atoms with Crippen LogP contribution in [0.2, 0.25) is 0 Å². The molecule has 1 unspecified atom stereocenters. The Morgan fingerprint density at radius 1 is 1.50 bits per heavy atom. The number of hydrogen-bond acceptors (Lipinski definition) is 2. The Bertz CT molecular complexity index is 442. The van der Waals surface area contributed by atoms with Crippen LogP contribution in [-0.2, 0) is 0 Å². The summed E-state index contributed by atoms with van der Waals surface area (Å²) < 4.78 is 0. The van der Waals surface area contributed by atoms with E-state index >= 15 is 0 Å². The maximum atomic E-state index is 12.5. The molecule has 3 heteroatoms. The first-order valence-electron chi connectivity index (χ1n) is 6.76. The van der Waals surface area contributed by atoms with E-state index in [1.807, 2.05) is 37.1 Å². The first kappa shape index (κ1) is 12.9. The minimum absolute atomic E-state index is 0.194. The van der Waals surface area contributed by atoms with Crippen LogP contribution in [0.25, 0.3) is 0 Å². The number of carbonyl (C=O) groups excluding carboxylic acids is 1. The van der Waals surface area contributed by atoms with Crippen LogP contribution in [0, 0.1) is 6.92 Å². The van der Waals surface area contributed by atoms with Crippen molar-refractivity contribution in [1.29, 1.82) is 0 Å². The van der Waals surface area contributed by atoms with Gasteiger partial charge >= 0.3 is 0 Å². The summed E-state index contributed by atoms with van der Waals surface area (Å²) in [6, 6.07) is 6.37. The van der Waals surface area contributed by atoms with Crippen LogP contribution in [0.4, 0.5) is 5.69 Å². The summed E-state index contributed by atoms with van der Waals surface area (Å²) in [5, 5.41) is 3.10. The zero-order chi connectivity index (χ0) is 13.1. The van der Waals surface area contributed by atoms with Gasteiger partial charge in [0.2, 0.25) is 0 Å². The molecule has 1 heterocycles. The number of nitrogens with zero attached hydrogens (tertiary/aromatic N) is 1. The van der Waals surface area contributed by atoms with E-state index in [4.69, 9.17) is 0 Å². The van der Waals surface area contributed by atoms with Gasteiger partial charge in [0.05, 0.1) is 0 Å². The Morgan fingerprint density at radius 2 is 2.28 bits per heavy atom. The lowest BCUT2D eigenvalue weighted by Gasteiger charge is -2.24. The molecule has 0 aliphatic carbocycles. The Hall–Kier alpha value is -1.51. The number of hydrogen-bond donors (Lipinski definition) is 1. The lowest BCUT2D eigenvalue weighted by atomic mass is 10.1. The van der Waals surface area contributed by atoms with Crippen LogP contribution in [-0.4, -0.2) is 30.4 Å². The second kappa shape index (κ2) is 5.42. The summed E-state index contributed by atoms with van der Waals surface area (Å²) >= 11 is 0. The van der Waals surface area contributed by atoms with Gasteiger partial charge in [-0.15, -0.1) is 0 Å². The summed E-state index contributed by atoms with van der Waals surface area (Å²) in [5.74, 6) is 0.194. The SMILES string of the molecule is CCC1CCCN1C(=O)c1ccc(NC)cc1C. The predicted octanol–water partition coefficient (Wildman–Crippen LogP) is 3.05. The molecule has 1 saturated heterocycles. The lowest BCUT2D eigenvalue weighted by Crippen LogP contribution is -2.35. The van der Waals surface area contributed by atoms with Crippen molar-refractivity contribution in [2.24, 2.45) is 0 Å². The predicted molar refractivity (Wildman–Crippen MR) is 75.1 cm³/mol. The number of anilines is 1. The molecule has 1 amide bonds. The third-order valence-electron chi connectivity index (χ3n) is 3.85. The van der Waals surface area contributed by atoms with Gasteiger partial charge < -0.3 is 10.2 Å². The van der Waals surface area contributed by atoms with Gasteiger partial charge in [0.25, 0.3) is 5.91 Å². The van der Waals surface area contributed by atoms with Gasteiger partial charge in [-0.05, 0) is 49.9 Å². The molecule has 0 spiro atoms. The van der Waals surface area contributed by atoms with Crippen molar-refractivity contribution < 1.29 is 4.79 Å². The average molecular weight is 246 g/mol. The average Bonchev–Trinajstić information content (AvgIpc) is 2.86. The van der Waals surface area contributed by atoms with Gasteiger partial charge in [0.15, 0.2) is 0 Å². The molecule has 1 aliphatic rings. The Kier molecular flexibility index (Phi) is 3.90. The summed E-state index contributed by atoms with van der Waals surface area (Å²) in [4.78, 5) is 14.6. The fraction of sp³-hybridized carbons (Fsp3) is 0.533. The number of aryl methyl sites for hydroxylation is 1. The van der Waals surface area contributed by atoms with Crippen LogP contribution in [0.5, 0.6) is 0 Å². The minimum atomic E-state index is 0.194. The normalized spacial score (nSPS) is 19.1. The molecule has 0 radical (unpaired) electrons. The first-order valence-corrected chi connectivity index (χ1v) is 6.76. The zero-order valence-corrected chi connectivity index (χ0v) is 11.5. The third-order valence-corrected chi connectivity index (χ3v) is 3.85. The van der Waals surface area contributed by atoms with Crippen molar-refractivity contribution in [3.63, 3.8) is 0 Å². The fourth-order valence-electron chi connectivity index (χ4n) is 2.74. The number of carbonyl (C=O) groups is 1. The molecule has 0 aromatic heterocycles. The number of amides is 1. The molecular formula is C15H22N2O. The van der Waals surface area contributed by atoms with E-state index in [9.17, 15) is 4.79 Å². The smallest absolute Gasteiger partial charge is 0.254 e. The highest BCUT2D eigenvalue weighted by Crippen LogP contribution is 2.24. The monoisotopic (exact) mass is 246 g/mol. The molecule has 1 aromatic rings. The first-order chi connectivity index (χ1) is 8.67. The Morgan fingerprint density at radius 3 is 2.89 bits per heavy atom. The lowest BCUT2D eigenvalue weighted by molar-refractivity contribution is 0.0733. The second-order valence-electron chi connectivity index (χ2n) is 4.98. The molecule has 0 saturated carbocycles. The van der Waals surface area contributed by atoms with Gasteiger partial charge in [-0.3, -0.25) is 4.79 Å². The highest BCUT2D eigenvalue weighted by molar-refractivity contribution is 5.96. The van der Waals surface area contributed by atoms with E-state index in [2.05, 4.69) is 12.2 Å². The van der Waals surface area contributed by atoms with Gasteiger partial charge in [0, 0.05) is 30.9 Å². The largest absolute Gasteiger partial charge is 0.388 e. The van der Waals surface area contributed by atoms with Crippen LogP contribution in [0.3, 0.4) is 0 Å². The van der Waals surface area contributed by atoms with Crippen molar-refractivity contribution in [2.75, 3.05) is 18.9 Å². The van der Waals surface area contributed by atoms with E-state index in [-0.39, 0.29) is 5.91 Å². The summed E-state index contributed by atoms with van der Waals surface area (Å²) in [7, 11) is 1.89. The van der Waals surface area contributed by atoms with Crippen molar-refractivity contribution in [1.82, 2.24) is 4.90 Å². The van der Waals surface area contributed by atoms with Crippen molar-refractivity contribution in [3.05, 3.63) is 29.3 Å². The van der Waals surface area contributed by atoms with E-state index in [0.717, 1.165) is 42.6 Å². The maximum Gasteiger partial charge on any atom is 0.254 e. The summed E-state index contributed by atoms with van der Waals surface area (Å²) in [6.07, 6.45) is 3.34. The van der Waals surface area contributed by atoms with Gasteiger partial charge in [-0.1, -0.05) is 6.92 Å². The second-order valence-corrected chi connectivity index (χ2v) is 4.98. The van der Waals surface area contributed by atoms with Gasteiger partial charge in [0.1, 0.15) is 0 Å². The topological polar surface area (TPSA) is 32.3 Å². The standard InChI is InChI=1S/C15H22N2O/c1-4-13-6-5-9-17(13)15(18)14-8-7-12(16-3)10-11(14)2/h7-8,10,13,16H,4-6,9H2,1-3H3. The van der Waals surface area contributed by atoms with Gasteiger partial charge in [-0.25, -0.2) is 0 Å². The third kappa shape index (κ3) is 2.35. The van der Waals surface area contributed by atoms with Crippen molar-refractivity contribution >= 4 is 11.6 Å². The van der Waals surface area contributed by atoms with Gasteiger partial charge in [-0.2, -0.15) is 0 Å². The molecule has 18 heavy (non-hydrogen) atoms. The zero-order valence-electron chi connectivity index (χ0n) is 11.5. The quantitative estimate of drug-likeness (QED) is 0.889. The molecule has 3 nitrogen and oxygen atoms in total. The number of benzene rings is 1. The summed E-state index contributed by atoms with van der Waals surface area (Å²) in [5.41, 5.74) is 2.94.